The fourth-order valence-corrected chi connectivity index (χ4v) is 27.7. The molecular formula is C82H125N9O9. The first kappa shape index (κ1) is 72.6. The van der Waals surface area contributed by atoms with Crippen molar-refractivity contribution in [3.8, 4) is 0 Å². The molecule has 18 heteroatoms. The summed E-state index contributed by atoms with van der Waals surface area (Å²) in [5.74, 6) is 9.56. The van der Waals surface area contributed by atoms with Gasteiger partial charge in [-0.25, -0.2) is 14.0 Å². The summed E-state index contributed by atoms with van der Waals surface area (Å²) in [6.07, 6.45) is 33.4. The minimum atomic E-state index is -0.649. The lowest BCUT2D eigenvalue weighted by Crippen LogP contribution is -2.57. The molecule has 4 aromatic rings. The van der Waals surface area contributed by atoms with Crippen molar-refractivity contribution in [1.29, 1.82) is 0 Å². The Morgan fingerprint density at radius 1 is 0.450 bits per heavy atom. The number of methoxy groups -OCH3 is 3. The van der Waals surface area contributed by atoms with Crippen LogP contribution in [0.3, 0.4) is 0 Å². The number of ether oxygens (including phenoxy) is 3. The van der Waals surface area contributed by atoms with Gasteiger partial charge in [-0.1, -0.05) is 63.2 Å². The molecule has 3 aromatic heterocycles. The van der Waals surface area contributed by atoms with Crippen molar-refractivity contribution in [2.45, 2.75) is 272 Å². The maximum absolute atomic E-state index is 13.8. The first-order valence-electron chi connectivity index (χ1n) is 39.8. The summed E-state index contributed by atoms with van der Waals surface area (Å²) in [5.41, 5.74) is 4.19. The molecule has 12 saturated carbocycles. The second kappa shape index (κ2) is 27.2. The van der Waals surface area contributed by atoms with Crippen molar-refractivity contribution in [2.75, 3.05) is 41.2 Å². The van der Waals surface area contributed by atoms with Crippen molar-refractivity contribution in [3.63, 3.8) is 0 Å². The SMILES string of the molecule is COC[C@@]1(O)CC[C@@]2(C)[C@@H](CC[C@@H]3[C@@H]2CC[C@]2(C)[C@@H](C(=O)Cn4cc(C)nn4)CC[C@@H]32)C1.COC[C@@]1(O)CC[C@@]2(C)[C@@H](CC[C@@H]3[C@@H]2CC[C@]2(C)[C@@H](C(=O)Cn4nnc5ccc(C)cc54)CC[C@@H]32)C1.COC[C@@]1(O)CC[C@@]2(C)[C@@H](CC[C@@H]3[C@@H]2CC[C@]2(C)[C@@H](C(=O)Cn4nncc4C)CC[C@@H]32)C1. The second-order valence-electron chi connectivity index (χ2n) is 37.8. The van der Waals surface area contributed by atoms with Crippen molar-refractivity contribution in [3.05, 3.63) is 47.5 Å². The van der Waals surface area contributed by atoms with Crippen LogP contribution in [0.4, 0.5) is 0 Å². The number of Topliss-reactive ketones (excluding diaryl/α,β-unsaturated/α-hetero) is 3. The van der Waals surface area contributed by atoms with Crippen LogP contribution in [0.1, 0.15) is 232 Å². The Morgan fingerprint density at radius 3 is 1.23 bits per heavy atom. The second-order valence-corrected chi connectivity index (χ2v) is 37.8. The number of rotatable bonds is 15. The van der Waals surface area contributed by atoms with Crippen molar-refractivity contribution in [2.24, 2.45) is 121 Å². The Labute approximate surface area is 596 Å². The van der Waals surface area contributed by atoms with E-state index in [-0.39, 0.29) is 34.0 Å². The molecule has 3 N–H and O–H groups in total. The monoisotopic (exact) mass is 1380 g/mol. The molecular weight excluding hydrogens is 1250 g/mol. The highest BCUT2D eigenvalue weighted by molar-refractivity contribution is 5.85. The van der Waals surface area contributed by atoms with Gasteiger partial charge in [0.15, 0.2) is 17.3 Å². The van der Waals surface area contributed by atoms with Crippen LogP contribution in [0, 0.1) is 142 Å². The van der Waals surface area contributed by atoms with Gasteiger partial charge in [-0.3, -0.25) is 14.4 Å². The van der Waals surface area contributed by atoms with Crippen molar-refractivity contribution in [1.82, 2.24) is 45.0 Å². The molecule has 18 nitrogen and oxygen atoms in total. The van der Waals surface area contributed by atoms with E-state index in [1.165, 1.54) is 77.0 Å². The van der Waals surface area contributed by atoms with Gasteiger partial charge in [0.1, 0.15) is 25.2 Å². The van der Waals surface area contributed by atoms with Gasteiger partial charge in [0.2, 0.25) is 0 Å². The minimum absolute atomic E-state index is 0.0964. The predicted octanol–water partition coefficient (Wildman–Crippen LogP) is 13.7. The molecule has 1 aromatic carbocycles. The molecule has 12 aliphatic carbocycles. The maximum atomic E-state index is 13.8. The van der Waals surface area contributed by atoms with E-state index >= 15 is 0 Å². The number of ketones is 3. The average molecular weight is 1380 g/mol. The summed E-state index contributed by atoms with van der Waals surface area (Å²) >= 11 is 0. The Morgan fingerprint density at radius 2 is 0.850 bits per heavy atom. The van der Waals surface area contributed by atoms with Gasteiger partial charge in [0, 0.05) is 45.3 Å². The number of benzene rings is 1. The van der Waals surface area contributed by atoms with Gasteiger partial charge >= 0.3 is 0 Å². The van der Waals surface area contributed by atoms with Gasteiger partial charge in [0.25, 0.3) is 0 Å². The maximum Gasteiger partial charge on any atom is 0.157 e. The van der Waals surface area contributed by atoms with E-state index < -0.39 is 16.8 Å². The Balaban J connectivity index is 0.000000128. The summed E-state index contributed by atoms with van der Waals surface area (Å²) in [7, 11) is 5.11. The minimum Gasteiger partial charge on any atom is -0.387 e. The largest absolute Gasteiger partial charge is 0.387 e. The standard InChI is InChI=1S/C30H43N3O3.2C26H41N3O3/c1-19-5-10-25-26(15-19)33(32-31-25)17-27(34)24-9-8-22-21-7-6-20-16-30(35,18-36-4)14-13-28(20,2)23(21)11-12-29(22,24)3;1-17-14-29(28-27-17)15-23(30)22-8-7-20-19-6-5-18-13-26(31,16-32-4)12-11-24(18,2)21(19)9-10-25(20,22)3;1-17-14-27-28-29(17)15-23(30)22-8-7-20-19-6-5-18-13-26(31,16-32-4)12-11-24(18,2)21(19)9-10-25(20,22)3/h5,10,15,20-24,35H,6-9,11-14,16-18H2,1-4H3;2*14,18-22,31H,5-13,15-16H2,1-4H3/t20-,21-,22-,23-,24+,28-,29-,30+;2*18-,19-,20-,21-,22+,24-,25-,26+/m000/s1. The molecule has 12 fully saturated rings. The topological polar surface area (TPSA) is 232 Å². The Bertz CT molecular complexity index is 3630. The van der Waals surface area contributed by atoms with Crippen LogP contribution in [-0.2, 0) is 48.2 Å². The molecule has 0 saturated heterocycles. The molecule has 3 heterocycles. The van der Waals surface area contributed by atoms with Crippen molar-refractivity contribution < 1.29 is 43.9 Å². The van der Waals surface area contributed by atoms with E-state index in [4.69, 9.17) is 14.2 Å². The van der Waals surface area contributed by atoms with Crippen LogP contribution in [-0.4, -0.2) is 136 Å². The number of aryl methyl sites for hydroxylation is 3. The first-order chi connectivity index (χ1) is 47.5. The van der Waals surface area contributed by atoms with E-state index in [2.05, 4.69) is 85.5 Å². The molecule has 12 aliphatic rings. The average Bonchev–Trinajstić information content (AvgIpc) is 1.28. The van der Waals surface area contributed by atoms with Gasteiger partial charge in [-0.05, 0) is 315 Å². The van der Waals surface area contributed by atoms with Crippen LogP contribution in [0.15, 0.2) is 30.6 Å². The van der Waals surface area contributed by atoms with E-state index in [1.54, 1.807) is 36.9 Å². The van der Waals surface area contributed by atoms with Gasteiger partial charge in [0.05, 0.1) is 59.7 Å². The summed E-state index contributed by atoms with van der Waals surface area (Å²) in [6.45, 7) is 23.2. The number of fused-ring (bicyclic) bond motifs is 16. The molecule has 100 heavy (non-hydrogen) atoms. The third kappa shape index (κ3) is 12.6. The van der Waals surface area contributed by atoms with Crippen LogP contribution >= 0.6 is 0 Å². The lowest BCUT2D eigenvalue weighted by Gasteiger charge is -2.62. The summed E-state index contributed by atoms with van der Waals surface area (Å²) < 4.78 is 21.4. The van der Waals surface area contributed by atoms with Crippen molar-refractivity contribution >= 4 is 28.4 Å². The summed E-state index contributed by atoms with van der Waals surface area (Å²) in [4.78, 5) is 40.5. The fourth-order valence-electron chi connectivity index (χ4n) is 27.7. The van der Waals surface area contributed by atoms with E-state index in [1.807, 2.05) is 36.9 Å². The highest BCUT2D eigenvalue weighted by atomic mass is 16.5. The molecule has 0 aliphatic heterocycles. The first-order valence-corrected chi connectivity index (χ1v) is 39.8. The van der Waals surface area contributed by atoms with Crippen LogP contribution in [0.5, 0.6) is 0 Å². The third-order valence-electron chi connectivity index (χ3n) is 32.9. The zero-order valence-electron chi connectivity index (χ0n) is 63.2. The van der Waals surface area contributed by atoms with Crippen LogP contribution < -0.4 is 0 Å². The number of carbonyl (C=O) groups excluding carboxylic acids is 3. The predicted molar refractivity (Wildman–Crippen MR) is 383 cm³/mol. The zero-order chi connectivity index (χ0) is 70.7. The fraction of sp³-hybridized carbons (Fsp3) is 0.841. The highest BCUT2D eigenvalue weighted by Crippen LogP contribution is 2.72. The summed E-state index contributed by atoms with van der Waals surface area (Å²) in [6, 6.07) is 6.12. The Hall–Kier alpha value is -4.33. The molecule has 0 spiro atoms. The number of aromatic nitrogens is 9. The normalized spacial score (nSPS) is 44.4. The van der Waals surface area contributed by atoms with Crippen LogP contribution in [0.2, 0.25) is 0 Å². The molecule has 0 unspecified atom stereocenters. The number of hydrogen-bond acceptors (Lipinski definition) is 15. The van der Waals surface area contributed by atoms with Crippen LogP contribution in [0.25, 0.3) is 11.0 Å². The van der Waals surface area contributed by atoms with Gasteiger partial charge in [-0.15, -0.1) is 15.3 Å². The molecule has 24 atom stereocenters. The van der Waals surface area contributed by atoms with Gasteiger partial charge < -0.3 is 29.5 Å². The van der Waals surface area contributed by atoms with E-state index in [9.17, 15) is 29.7 Å². The number of nitrogens with zero attached hydrogens (tertiary/aromatic N) is 9. The number of hydrogen-bond donors (Lipinski definition) is 3. The lowest BCUT2D eigenvalue weighted by atomic mass is 9.44. The molecule has 0 amide bonds. The van der Waals surface area contributed by atoms with E-state index in [0.29, 0.717) is 114 Å². The number of aliphatic hydroxyl groups is 3. The number of carbonyl (C=O) groups is 3. The lowest BCUT2D eigenvalue weighted by molar-refractivity contribution is -0.164. The quantitative estimate of drug-likeness (QED) is 0.100. The third-order valence-corrected chi connectivity index (χ3v) is 32.9. The zero-order valence-corrected chi connectivity index (χ0v) is 63.2. The molecule has 0 bridgehead atoms. The molecule has 0 radical (unpaired) electrons. The van der Waals surface area contributed by atoms with E-state index in [0.717, 1.165) is 154 Å². The molecule has 552 valence electrons. The Kier molecular flexibility index (Phi) is 19.8. The molecule has 16 rings (SSSR count). The smallest absolute Gasteiger partial charge is 0.157 e. The summed E-state index contributed by atoms with van der Waals surface area (Å²) in [5, 5.41) is 58.1. The highest BCUT2D eigenvalue weighted by Gasteiger charge is 2.66. The van der Waals surface area contributed by atoms with Gasteiger partial charge in [-0.2, -0.15) is 0 Å².